The lowest BCUT2D eigenvalue weighted by Crippen LogP contribution is -2.43. The molecule has 3 aromatic carbocycles. The smallest absolute Gasteiger partial charge is 0.417 e. The van der Waals surface area contributed by atoms with Gasteiger partial charge in [0.15, 0.2) is 0 Å². The third-order valence-corrected chi connectivity index (χ3v) is 5.64. The molecule has 0 spiro atoms. The van der Waals surface area contributed by atoms with Crippen molar-refractivity contribution < 1.29 is 23.1 Å². The fourth-order valence-corrected chi connectivity index (χ4v) is 3.91. The minimum atomic E-state index is -1.25. The van der Waals surface area contributed by atoms with Crippen molar-refractivity contribution in [3.05, 3.63) is 95.8 Å². The van der Waals surface area contributed by atoms with Crippen LogP contribution in [0.5, 0.6) is 0 Å². The second kappa shape index (κ2) is 9.68. The van der Waals surface area contributed by atoms with Crippen molar-refractivity contribution in [2.75, 3.05) is 24.3 Å². The van der Waals surface area contributed by atoms with E-state index in [1.807, 2.05) is 6.07 Å². The number of nitrogen functional groups attached to an aromatic ring is 1. The largest absolute Gasteiger partial charge is 0.446 e. The fourth-order valence-electron chi connectivity index (χ4n) is 3.91. The van der Waals surface area contributed by atoms with Gasteiger partial charge in [-0.2, -0.15) is 0 Å². The molecular formula is C25H23F2N3O3. The molecule has 0 bridgehead atoms. The Balaban J connectivity index is 1.69. The third kappa shape index (κ3) is 4.79. The number of carbonyl (C=O) groups excluding carboxylic acids is 2. The van der Waals surface area contributed by atoms with Crippen LogP contribution in [0.3, 0.4) is 0 Å². The summed E-state index contributed by atoms with van der Waals surface area (Å²) in [4.78, 5) is 27.0. The number of nitrogens with two attached hydrogens (primary N) is 1. The minimum absolute atomic E-state index is 0.00841. The summed E-state index contributed by atoms with van der Waals surface area (Å²) in [5, 5.41) is 3.12. The molecule has 1 heterocycles. The monoisotopic (exact) mass is 451 g/mol. The van der Waals surface area contributed by atoms with E-state index in [2.05, 4.69) is 5.32 Å². The molecule has 3 atom stereocenters. The topological polar surface area (TPSA) is 84.7 Å². The van der Waals surface area contributed by atoms with Crippen LogP contribution in [0.15, 0.2) is 78.9 Å². The van der Waals surface area contributed by atoms with Gasteiger partial charge >= 0.3 is 6.09 Å². The quantitative estimate of drug-likeness (QED) is 0.501. The number of benzene rings is 3. The van der Waals surface area contributed by atoms with E-state index in [1.54, 1.807) is 48.5 Å². The summed E-state index contributed by atoms with van der Waals surface area (Å²) in [6, 6.07) is 19.6. The van der Waals surface area contributed by atoms with Crippen molar-refractivity contribution in [1.29, 1.82) is 0 Å². The van der Waals surface area contributed by atoms with Crippen LogP contribution in [0.1, 0.15) is 23.2 Å². The van der Waals surface area contributed by atoms with Crippen LogP contribution in [-0.2, 0) is 9.53 Å². The number of hydrogen-bond acceptors (Lipinski definition) is 5. The number of rotatable bonds is 7. The molecule has 4 rings (SSSR count). The maximum atomic E-state index is 14.5. The number of alkyl halides is 1. The Morgan fingerprint density at radius 2 is 1.73 bits per heavy atom. The molecule has 0 saturated carbocycles. The Kier molecular flexibility index (Phi) is 6.53. The second-order valence-electron chi connectivity index (χ2n) is 7.77. The lowest BCUT2D eigenvalue weighted by atomic mass is 9.91. The molecule has 0 aromatic heterocycles. The van der Waals surface area contributed by atoms with Gasteiger partial charge in [0.2, 0.25) is 5.91 Å². The highest BCUT2D eigenvalue weighted by molar-refractivity contribution is 5.95. The fraction of sp³-hybridized carbons (Fsp3) is 0.200. The number of halogens is 2. The zero-order valence-corrected chi connectivity index (χ0v) is 17.7. The van der Waals surface area contributed by atoms with Crippen LogP contribution < -0.4 is 11.1 Å². The van der Waals surface area contributed by atoms with Gasteiger partial charge < -0.3 is 15.8 Å². The molecule has 6 nitrogen and oxygen atoms in total. The summed E-state index contributed by atoms with van der Waals surface area (Å²) >= 11 is 0. The average Bonchev–Trinajstić information content (AvgIpc) is 3.22. The van der Waals surface area contributed by atoms with Gasteiger partial charge in [0, 0.05) is 11.4 Å². The van der Waals surface area contributed by atoms with Crippen LogP contribution >= 0.6 is 0 Å². The van der Waals surface area contributed by atoms with E-state index < -0.39 is 42.5 Å². The summed E-state index contributed by atoms with van der Waals surface area (Å²) in [6.45, 7) is -1.04. The van der Waals surface area contributed by atoms with Crippen molar-refractivity contribution >= 4 is 23.4 Å². The first kappa shape index (κ1) is 22.3. The van der Waals surface area contributed by atoms with Gasteiger partial charge in [0.1, 0.15) is 25.1 Å². The standard InChI is InChI=1S/C25H23F2N3O3/c26-14-21(24(31)30-22(15-33-25(30)32)16-4-2-1-3-5-16)23(17-6-10-19(28)11-7-17)29-20-12-8-18(27)9-13-20/h1-13,21-23,29H,14-15,28H2/t21-,22-,23-/m1/s1. The van der Waals surface area contributed by atoms with Crippen molar-refractivity contribution in [1.82, 2.24) is 4.90 Å². The molecule has 2 amide bonds. The van der Waals surface area contributed by atoms with Crippen molar-refractivity contribution in [2.45, 2.75) is 12.1 Å². The maximum Gasteiger partial charge on any atom is 0.417 e. The molecule has 1 fully saturated rings. The van der Waals surface area contributed by atoms with Crippen LogP contribution in [0, 0.1) is 11.7 Å². The Morgan fingerprint density at radius 1 is 1.06 bits per heavy atom. The number of nitrogens with zero attached hydrogens (tertiary/aromatic N) is 1. The zero-order chi connectivity index (χ0) is 23.4. The Morgan fingerprint density at radius 3 is 2.36 bits per heavy atom. The van der Waals surface area contributed by atoms with Crippen LogP contribution in [-0.4, -0.2) is 30.2 Å². The molecule has 8 heteroatoms. The first-order valence-corrected chi connectivity index (χ1v) is 10.5. The molecule has 3 N–H and O–H groups in total. The zero-order valence-electron chi connectivity index (χ0n) is 17.7. The average molecular weight is 451 g/mol. The normalized spacial score (nSPS) is 17.3. The van der Waals surface area contributed by atoms with Crippen molar-refractivity contribution in [3.63, 3.8) is 0 Å². The predicted molar refractivity (Wildman–Crippen MR) is 120 cm³/mol. The molecule has 170 valence electrons. The first-order valence-electron chi connectivity index (χ1n) is 10.5. The summed E-state index contributed by atoms with van der Waals surface area (Å²) < 4.78 is 33.0. The Labute approximate surface area is 190 Å². The van der Waals surface area contributed by atoms with E-state index in [4.69, 9.17) is 10.5 Å². The second-order valence-corrected chi connectivity index (χ2v) is 7.77. The van der Waals surface area contributed by atoms with Gasteiger partial charge in [0.25, 0.3) is 0 Å². The number of carbonyl (C=O) groups is 2. The third-order valence-electron chi connectivity index (χ3n) is 5.64. The number of nitrogens with one attached hydrogen (secondary N) is 1. The van der Waals surface area contributed by atoms with Crippen LogP contribution in [0.4, 0.5) is 25.0 Å². The van der Waals surface area contributed by atoms with E-state index in [9.17, 15) is 18.4 Å². The van der Waals surface area contributed by atoms with E-state index in [1.165, 1.54) is 24.3 Å². The van der Waals surface area contributed by atoms with E-state index >= 15 is 0 Å². The SMILES string of the molecule is Nc1ccc([C@@H](Nc2ccc(F)cc2)[C@@H](CF)C(=O)N2C(=O)OC[C@@H]2c2ccccc2)cc1. The van der Waals surface area contributed by atoms with Gasteiger partial charge in [-0.1, -0.05) is 42.5 Å². The van der Waals surface area contributed by atoms with Gasteiger partial charge in [0.05, 0.1) is 12.0 Å². The molecule has 33 heavy (non-hydrogen) atoms. The molecule has 1 aliphatic rings. The number of imide groups is 1. The Hall–Kier alpha value is -3.94. The van der Waals surface area contributed by atoms with E-state index in [0.717, 1.165) is 4.90 Å². The van der Waals surface area contributed by atoms with Gasteiger partial charge in [-0.25, -0.2) is 14.1 Å². The molecule has 1 aliphatic heterocycles. The minimum Gasteiger partial charge on any atom is -0.446 e. The summed E-state index contributed by atoms with van der Waals surface area (Å²) in [7, 11) is 0. The van der Waals surface area contributed by atoms with Crippen LogP contribution in [0.2, 0.25) is 0 Å². The Bertz CT molecular complexity index is 1110. The highest BCUT2D eigenvalue weighted by Gasteiger charge is 2.44. The van der Waals surface area contributed by atoms with E-state index in [-0.39, 0.29) is 6.61 Å². The molecule has 0 aliphatic carbocycles. The summed E-state index contributed by atoms with van der Waals surface area (Å²) in [5.74, 6) is -2.38. The molecule has 0 unspecified atom stereocenters. The maximum absolute atomic E-state index is 14.5. The molecule has 1 saturated heterocycles. The van der Waals surface area contributed by atoms with Gasteiger partial charge in [-0.05, 0) is 47.5 Å². The highest BCUT2D eigenvalue weighted by atomic mass is 19.1. The van der Waals surface area contributed by atoms with Gasteiger partial charge in [-0.15, -0.1) is 0 Å². The lowest BCUT2D eigenvalue weighted by Gasteiger charge is -2.30. The number of cyclic esters (lactones) is 1. The molecule has 0 radical (unpaired) electrons. The highest BCUT2D eigenvalue weighted by Crippen LogP contribution is 2.34. The van der Waals surface area contributed by atoms with Crippen LogP contribution in [0.25, 0.3) is 0 Å². The predicted octanol–water partition coefficient (Wildman–Crippen LogP) is 4.87. The van der Waals surface area contributed by atoms with E-state index in [0.29, 0.717) is 22.5 Å². The summed E-state index contributed by atoms with van der Waals surface area (Å²) in [5.41, 5.74) is 8.10. The number of anilines is 2. The van der Waals surface area contributed by atoms with Crippen molar-refractivity contribution in [2.24, 2.45) is 5.92 Å². The van der Waals surface area contributed by atoms with Crippen molar-refractivity contribution in [3.8, 4) is 0 Å². The molecular weight excluding hydrogens is 428 g/mol. The number of ether oxygens (including phenoxy) is 1. The molecule has 3 aromatic rings. The first-order chi connectivity index (χ1) is 16.0. The van der Waals surface area contributed by atoms with Gasteiger partial charge in [-0.3, -0.25) is 9.18 Å². The number of hydrogen-bond donors (Lipinski definition) is 2. The number of amides is 2. The lowest BCUT2D eigenvalue weighted by molar-refractivity contribution is -0.134. The summed E-state index contributed by atoms with van der Waals surface area (Å²) in [6.07, 6.45) is -0.815.